The molecule has 5 heteroatoms. The summed E-state index contributed by atoms with van der Waals surface area (Å²) in [5.41, 5.74) is 0.775. The summed E-state index contributed by atoms with van der Waals surface area (Å²) >= 11 is 0. The first-order valence-corrected chi connectivity index (χ1v) is 5.33. The average molecular weight is 234 g/mol. The van der Waals surface area contributed by atoms with Crippen LogP contribution in [0.2, 0.25) is 0 Å². The van der Waals surface area contributed by atoms with Crippen LogP contribution in [-0.4, -0.2) is 28.4 Å². The topological polar surface area (TPSA) is 80.7 Å². The SMILES string of the molecule is O=C([O-])[C@H]1CC(=O)N(Cc2cccc(O)c2)C1. The van der Waals surface area contributed by atoms with Gasteiger partial charge in [-0.1, -0.05) is 12.1 Å². The third-order valence-corrected chi connectivity index (χ3v) is 2.83. The number of aliphatic carboxylic acids is 1. The summed E-state index contributed by atoms with van der Waals surface area (Å²) in [6, 6.07) is 6.56. The maximum absolute atomic E-state index is 11.6. The lowest BCUT2D eigenvalue weighted by Crippen LogP contribution is -2.33. The van der Waals surface area contributed by atoms with Crippen LogP contribution >= 0.6 is 0 Å². The van der Waals surface area contributed by atoms with Gasteiger partial charge in [0.25, 0.3) is 0 Å². The Morgan fingerprint density at radius 3 is 2.88 bits per heavy atom. The molecular weight excluding hydrogens is 222 g/mol. The van der Waals surface area contributed by atoms with E-state index in [0.717, 1.165) is 5.56 Å². The summed E-state index contributed by atoms with van der Waals surface area (Å²) in [7, 11) is 0. The van der Waals surface area contributed by atoms with E-state index in [1.807, 2.05) is 0 Å². The number of carboxylic acid groups (broad SMARTS) is 1. The van der Waals surface area contributed by atoms with Gasteiger partial charge in [0.1, 0.15) is 5.75 Å². The molecule has 2 rings (SSSR count). The lowest BCUT2D eigenvalue weighted by Gasteiger charge is -2.17. The van der Waals surface area contributed by atoms with Gasteiger partial charge in [-0.25, -0.2) is 0 Å². The van der Waals surface area contributed by atoms with Crippen LogP contribution in [0.1, 0.15) is 12.0 Å². The van der Waals surface area contributed by atoms with Crippen molar-refractivity contribution in [2.24, 2.45) is 5.92 Å². The Kier molecular flexibility index (Phi) is 2.99. The number of phenolic OH excluding ortho intramolecular Hbond substituents is 1. The smallest absolute Gasteiger partial charge is 0.223 e. The summed E-state index contributed by atoms with van der Waals surface area (Å²) in [5, 5.41) is 20.0. The molecule has 17 heavy (non-hydrogen) atoms. The Morgan fingerprint density at radius 2 is 2.29 bits per heavy atom. The van der Waals surface area contributed by atoms with E-state index in [0.29, 0.717) is 6.54 Å². The average Bonchev–Trinajstić information content (AvgIpc) is 2.61. The first kappa shape index (κ1) is 11.4. The van der Waals surface area contributed by atoms with Crippen LogP contribution < -0.4 is 5.11 Å². The van der Waals surface area contributed by atoms with Crippen molar-refractivity contribution in [3.63, 3.8) is 0 Å². The number of hydrogen-bond donors (Lipinski definition) is 1. The van der Waals surface area contributed by atoms with Crippen molar-refractivity contribution in [2.45, 2.75) is 13.0 Å². The number of amides is 1. The second-order valence-corrected chi connectivity index (χ2v) is 4.16. The molecule has 1 atom stereocenters. The molecule has 5 nitrogen and oxygen atoms in total. The predicted octanol–water partition coefficient (Wildman–Crippen LogP) is -0.509. The van der Waals surface area contributed by atoms with Gasteiger partial charge in [0.15, 0.2) is 0 Å². The number of hydrogen-bond acceptors (Lipinski definition) is 4. The molecule has 1 saturated heterocycles. The van der Waals surface area contributed by atoms with E-state index in [9.17, 15) is 19.8 Å². The van der Waals surface area contributed by atoms with Crippen molar-refractivity contribution in [2.75, 3.05) is 6.54 Å². The Balaban J connectivity index is 2.05. The number of carboxylic acids is 1. The van der Waals surface area contributed by atoms with Gasteiger partial charge in [0, 0.05) is 31.4 Å². The molecule has 0 unspecified atom stereocenters. The fourth-order valence-electron chi connectivity index (χ4n) is 1.96. The Morgan fingerprint density at radius 1 is 1.53 bits per heavy atom. The standard InChI is InChI=1S/C12H13NO4/c14-10-3-1-2-8(4-10)6-13-7-9(12(16)17)5-11(13)15/h1-4,9,14H,5-7H2,(H,16,17)/p-1/t9-/m0/s1. The highest BCUT2D eigenvalue weighted by atomic mass is 16.4. The van der Waals surface area contributed by atoms with E-state index < -0.39 is 11.9 Å². The number of rotatable bonds is 3. The Hall–Kier alpha value is -2.04. The number of phenols is 1. The van der Waals surface area contributed by atoms with E-state index >= 15 is 0 Å². The minimum atomic E-state index is -1.18. The molecule has 1 heterocycles. The number of likely N-dealkylation sites (tertiary alicyclic amines) is 1. The molecule has 1 aliphatic rings. The molecule has 0 spiro atoms. The zero-order valence-electron chi connectivity index (χ0n) is 9.13. The minimum absolute atomic E-state index is 0.00114. The van der Waals surface area contributed by atoms with Crippen LogP contribution in [-0.2, 0) is 16.1 Å². The van der Waals surface area contributed by atoms with Crippen LogP contribution in [0.5, 0.6) is 5.75 Å². The molecule has 1 aliphatic heterocycles. The van der Waals surface area contributed by atoms with Crippen molar-refractivity contribution < 1.29 is 19.8 Å². The monoisotopic (exact) mass is 234 g/mol. The van der Waals surface area contributed by atoms with Crippen LogP contribution in [0.15, 0.2) is 24.3 Å². The molecule has 0 aromatic heterocycles. The Bertz CT molecular complexity index is 458. The first-order valence-electron chi connectivity index (χ1n) is 5.33. The van der Waals surface area contributed by atoms with E-state index in [-0.39, 0.29) is 24.6 Å². The number of aromatic hydroxyl groups is 1. The Labute approximate surface area is 98.3 Å². The van der Waals surface area contributed by atoms with Crippen molar-refractivity contribution in [3.8, 4) is 5.75 Å². The molecule has 1 fully saturated rings. The molecule has 1 amide bonds. The van der Waals surface area contributed by atoms with Crippen molar-refractivity contribution in [3.05, 3.63) is 29.8 Å². The summed E-state index contributed by atoms with van der Waals surface area (Å²) in [4.78, 5) is 23.7. The van der Waals surface area contributed by atoms with Crippen LogP contribution in [0, 0.1) is 5.92 Å². The normalized spacial score (nSPS) is 19.6. The fraction of sp³-hybridized carbons (Fsp3) is 0.333. The van der Waals surface area contributed by atoms with Crippen molar-refractivity contribution in [1.82, 2.24) is 4.90 Å². The van der Waals surface area contributed by atoms with Crippen molar-refractivity contribution in [1.29, 1.82) is 0 Å². The number of benzene rings is 1. The number of carbonyl (C=O) groups is 2. The lowest BCUT2D eigenvalue weighted by atomic mass is 10.1. The second kappa shape index (κ2) is 4.45. The number of carbonyl (C=O) groups excluding carboxylic acids is 2. The van der Waals surface area contributed by atoms with Crippen LogP contribution in [0.4, 0.5) is 0 Å². The highest BCUT2D eigenvalue weighted by Crippen LogP contribution is 2.21. The van der Waals surface area contributed by atoms with Gasteiger partial charge in [0.05, 0.1) is 0 Å². The third-order valence-electron chi connectivity index (χ3n) is 2.83. The summed E-state index contributed by atoms with van der Waals surface area (Å²) < 4.78 is 0. The molecule has 0 radical (unpaired) electrons. The highest BCUT2D eigenvalue weighted by Gasteiger charge is 2.30. The summed E-state index contributed by atoms with van der Waals surface area (Å²) in [5.74, 6) is -1.97. The van der Waals surface area contributed by atoms with E-state index in [1.54, 1.807) is 24.3 Å². The van der Waals surface area contributed by atoms with E-state index in [2.05, 4.69) is 0 Å². The zero-order chi connectivity index (χ0) is 12.4. The minimum Gasteiger partial charge on any atom is -0.550 e. The quantitative estimate of drug-likeness (QED) is 0.763. The second-order valence-electron chi connectivity index (χ2n) is 4.16. The largest absolute Gasteiger partial charge is 0.550 e. The third kappa shape index (κ3) is 2.55. The molecule has 0 saturated carbocycles. The summed E-state index contributed by atoms with van der Waals surface area (Å²) in [6.45, 7) is 0.494. The predicted molar refractivity (Wildman–Crippen MR) is 56.6 cm³/mol. The molecule has 90 valence electrons. The van der Waals surface area contributed by atoms with Gasteiger partial charge < -0.3 is 19.9 Å². The van der Waals surface area contributed by atoms with Gasteiger partial charge in [-0.15, -0.1) is 0 Å². The maximum atomic E-state index is 11.6. The van der Waals surface area contributed by atoms with Gasteiger partial charge in [-0.05, 0) is 17.7 Å². The zero-order valence-corrected chi connectivity index (χ0v) is 9.13. The summed E-state index contributed by atoms with van der Waals surface area (Å²) in [6.07, 6.45) is 0.00114. The molecule has 1 aromatic rings. The molecule has 0 bridgehead atoms. The lowest BCUT2D eigenvalue weighted by molar-refractivity contribution is -0.311. The van der Waals surface area contributed by atoms with E-state index in [1.165, 1.54) is 4.90 Å². The number of nitrogens with zero attached hydrogens (tertiary/aromatic N) is 1. The highest BCUT2D eigenvalue weighted by molar-refractivity contribution is 5.85. The molecule has 1 N–H and O–H groups in total. The van der Waals surface area contributed by atoms with Crippen molar-refractivity contribution >= 4 is 11.9 Å². The first-order chi connectivity index (χ1) is 8.06. The van der Waals surface area contributed by atoms with Gasteiger partial charge in [0.2, 0.25) is 5.91 Å². The van der Waals surface area contributed by atoms with Gasteiger partial charge in [-0.3, -0.25) is 4.79 Å². The van der Waals surface area contributed by atoms with Gasteiger partial charge in [-0.2, -0.15) is 0 Å². The van der Waals surface area contributed by atoms with Crippen LogP contribution in [0.3, 0.4) is 0 Å². The van der Waals surface area contributed by atoms with Crippen LogP contribution in [0.25, 0.3) is 0 Å². The maximum Gasteiger partial charge on any atom is 0.223 e. The molecule has 1 aromatic carbocycles. The van der Waals surface area contributed by atoms with E-state index in [4.69, 9.17) is 0 Å². The molecular formula is C12H12NO4-. The fourth-order valence-corrected chi connectivity index (χ4v) is 1.96. The molecule has 0 aliphatic carbocycles. The van der Waals surface area contributed by atoms with Gasteiger partial charge >= 0.3 is 0 Å².